The van der Waals surface area contributed by atoms with E-state index in [2.05, 4.69) is 15.1 Å². The van der Waals surface area contributed by atoms with Gasteiger partial charge in [-0.1, -0.05) is 11.8 Å². The maximum Gasteiger partial charge on any atom is 0.250 e. The smallest absolute Gasteiger partial charge is 0.250 e. The predicted molar refractivity (Wildman–Crippen MR) is 129 cm³/mol. The molecule has 0 N–H and O–H groups in total. The Morgan fingerprint density at radius 1 is 1.09 bits per heavy atom. The Balaban J connectivity index is 1.15. The molecule has 0 spiro atoms. The van der Waals surface area contributed by atoms with Gasteiger partial charge in [0.1, 0.15) is 11.5 Å². The number of hydrogen-bond donors (Lipinski definition) is 0. The summed E-state index contributed by atoms with van der Waals surface area (Å²) in [6.07, 6.45) is 3.51. The average Bonchev–Trinajstić information content (AvgIpc) is 3.48. The molecule has 3 aromatic rings. The van der Waals surface area contributed by atoms with E-state index in [1.54, 1.807) is 36.0 Å². The summed E-state index contributed by atoms with van der Waals surface area (Å²) in [5.74, 6) is -0.717. The van der Waals surface area contributed by atoms with Crippen LogP contribution in [0.25, 0.3) is 11.4 Å². The van der Waals surface area contributed by atoms with E-state index < -0.39 is 17.5 Å². The number of anilines is 1. The van der Waals surface area contributed by atoms with Crippen molar-refractivity contribution in [3.63, 3.8) is 0 Å². The zero-order chi connectivity index (χ0) is 24.7. The molecule has 2 aliphatic rings. The Morgan fingerprint density at radius 3 is 2.60 bits per heavy atom. The van der Waals surface area contributed by atoms with Gasteiger partial charge in [0, 0.05) is 75.5 Å². The number of nitrogens with zero attached hydrogens (tertiary/aromatic N) is 6. The summed E-state index contributed by atoms with van der Waals surface area (Å²) in [4.78, 5) is 16.0. The van der Waals surface area contributed by atoms with Crippen LogP contribution in [-0.2, 0) is 14.1 Å². The Hall–Kier alpha value is -2.79. The lowest BCUT2D eigenvalue weighted by molar-refractivity contribution is 0.318. The number of benzene rings is 1. The SMILES string of the molecule is Cn1c(SCCCN2CC3[C@@H](CCN3c3c(F)cc(F)cc3F)C2)nnc1-c1ccn(C)c(=O)c1. The number of thioether (sulfide) groups is 1. The quantitative estimate of drug-likeness (QED) is 0.364. The number of hydrogen-bond acceptors (Lipinski definition) is 6. The van der Waals surface area contributed by atoms with Gasteiger partial charge in [0.15, 0.2) is 22.6 Å². The fourth-order valence-corrected chi connectivity index (χ4v) is 5.98. The predicted octanol–water partition coefficient (Wildman–Crippen LogP) is 3.29. The maximum atomic E-state index is 14.3. The molecule has 2 fully saturated rings. The first-order valence-electron chi connectivity index (χ1n) is 11.6. The lowest BCUT2D eigenvalue weighted by Crippen LogP contribution is -2.36. The van der Waals surface area contributed by atoms with Crippen molar-refractivity contribution in [3.05, 3.63) is 58.3 Å². The van der Waals surface area contributed by atoms with Gasteiger partial charge in [-0.05, 0) is 31.4 Å². The van der Waals surface area contributed by atoms with E-state index in [0.717, 1.165) is 61.1 Å². The van der Waals surface area contributed by atoms with E-state index in [1.807, 2.05) is 17.7 Å². The molecule has 2 aromatic heterocycles. The molecule has 0 radical (unpaired) electrons. The summed E-state index contributed by atoms with van der Waals surface area (Å²) in [7, 11) is 3.59. The summed E-state index contributed by atoms with van der Waals surface area (Å²) in [5.41, 5.74) is 0.529. The molecule has 0 amide bonds. The fourth-order valence-electron chi connectivity index (χ4n) is 5.15. The van der Waals surface area contributed by atoms with Crippen LogP contribution in [0.2, 0.25) is 0 Å². The van der Waals surface area contributed by atoms with Crippen molar-refractivity contribution < 1.29 is 13.2 Å². The number of aromatic nitrogens is 4. The Kier molecular flexibility index (Phi) is 6.63. The van der Waals surface area contributed by atoms with Crippen LogP contribution in [0.15, 0.2) is 40.4 Å². The summed E-state index contributed by atoms with van der Waals surface area (Å²) < 4.78 is 45.4. The summed E-state index contributed by atoms with van der Waals surface area (Å²) >= 11 is 1.61. The number of pyridine rings is 1. The number of aryl methyl sites for hydroxylation is 1. The first kappa shape index (κ1) is 23.9. The second-order valence-corrected chi connectivity index (χ2v) is 10.3. The van der Waals surface area contributed by atoms with Crippen LogP contribution in [0, 0.1) is 23.4 Å². The highest BCUT2D eigenvalue weighted by atomic mass is 32.2. The first-order valence-corrected chi connectivity index (χ1v) is 12.6. The fraction of sp³-hybridized carbons (Fsp3) is 0.458. The van der Waals surface area contributed by atoms with E-state index in [9.17, 15) is 18.0 Å². The molecule has 5 rings (SSSR count). The minimum atomic E-state index is -0.895. The molecule has 2 atom stereocenters. The highest BCUT2D eigenvalue weighted by Gasteiger charge is 2.42. The number of likely N-dealkylation sites (tertiary alicyclic amines) is 1. The van der Waals surface area contributed by atoms with Crippen LogP contribution in [0.5, 0.6) is 0 Å². The van der Waals surface area contributed by atoms with Crippen molar-refractivity contribution in [3.8, 4) is 11.4 Å². The molecule has 11 heteroatoms. The third-order valence-corrected chi connectivity index (χ3v) is 8.05. The molecule has 186 valence electrons. The normalized spacial score (nSPS) is 20.1. The molecule has 0 aliphatic carbocycles. The van der Waals surface area contributed by atoms with E-state index in [4.69, 9.17) is 0 Å². The molecule has 2 saturated heterocycles. The third kappa shape index (κ3) is 4.71. The minimum absolute atomic E-state index is 0.0389. The van der Waals surface area contributed by atoms with Gasteiger partial charge in [0.2, 0.25) is 0 Å². The zero-order valence-corrected chi connectivity index (χ0v) is 20.4. The monoisotopic (exact) mass is 504 g/mol. The third-order valence-electron chi connectivity index (χ3n) is 6.94. The molecule has 1 unspecified atom stereocenters. The second kappa shape index (κ2) is 9.69. The van der Waals surface area contributed by atoms with Gasteiger partial charge in [-0.25, -0.2) is 13.2 Å². The Labute approximate surface area is 205 Å². The standard InChI is InChI=1S/C24H27F3N6OS/c1-30-7-4-15(10-21(30)34)23-28-29-24(31(23)2)35-9-3-6-32-13-16-5-8-33(20(16)14-32)22-18(26)11-17(25)12-19(22)27/h4,7,10-12,16,20H,3,5-6,8-9,13-14H2,1-2H3/t16-,20?/m0/s1. The lowest BCUT2D eigenvalue weighted by Gasteiger charge is -2.27. The molecule has 35 heavy (non-hydrogen) atoms. The van der Waals surface area contributed by atoms with Crippen molar-refractivity contribution in [2.24, 2.45) is 20.0 Å². The molecular formula is C24H27F3N6OS. The van der Waals surface area contributed by atoms with Crippen molar-refractivity contribution in [1.29, 1.82) is 0 Å². The highest BCUT2D eigenvalue weighted by molar-refractivity contribution is 7.99. The molecule has 1 aromatic carbocycles. The first-order chi connectivity index (χ1) is 16.8. The van der Waals surface area contributed by atoms with Gasteiger partial charge >= 0.3 is 0 Å². The van der Waals surface area contributed by atoms with Crippen molar-refractivity contribution >= 4 is 17.4 Å². The largest absolute Gasteiger partial charge is 0.362 e. The molecule has 0 bridgehead atoms. The average molecular weight is 505 g/mol. The van der Waals surface area contributed by atoms with Gasteiger partial charge in [-0.2, -0.15) is 0 Å². The molecule has 2 aliphatic heterocycles. The topological polar surface area (TPSA) is 59.2 Å². The van der Waals surface area contributed by atoms with Crippen LogP contribution in [0.3, 0.4) is 0 Å². The van der Waals surface area contributed by atoms with Crippen LogP contribution in [0.1, 0.15) is 12.8 Å². The maximum absolute atomic E-state index is 14.3. The molecular weight excluding hydrogens is 477 g/mol. The van der Waals surface area contributed by atoms with E-state index in [-0.39, 0.29) is 17.3 Å². The van der Waals surface area contributed by atoms with Crippen molar-refractivity contribution in [2.75, 3.05) is 36.8 Å². The van der Waals surface area contributed by atoms with Gasteiger partial charge in [0.25, 0.3) is 5.56 Å². The molecule has 0 saturated carbocycles. The number of fused-ring (bicyclic) bond motifs is 1. The highest BCUT2D eigenvalue weighted by Crippen LogP contribution is 2.37. The molecule has 4 heterocycles. The summed E-state index contributed by atoms with van der Waals surface area (Å²) in [6.45, 7) is 3.10. The van der Waals surface area contributed by atoms with Crippen LogP contribution in [0.4, 0.5) is 18.9 Å². The van der Waals surface area contributed by atoms with E-state index >= 15 is 0 Å². The van der Waals surface area contributed by atoms with E-state index in [1.165, 1.54) is 4.57 Å². The number of rotatable bonds is 7. The Morgan fingerprint density at radius 2 is 1.86 bits per heavy atom. The van der Waals surface area contributed by atoms with Gasteiger partial charge in [0.05, 0.1) is 0 Å². The van der Waals surface area contributed by atoms with E-state index in [0.29, 0.717) is 18.3 Å². The van der Waals surface area contributed by atoms with Gasteiger partial charge in [-0.3, -0.25) is 4.79 Å². The summed E-state index contributed by atoms with van der Waals surface area (Å²) in [5, 5.41) is 9.31. The Bertz CT molecular complexity index is 1270. The van der Waals surface area contributed by atoms with Crippen molar-refractivity contribution in [2.45, 2.75) is 24.0 Å². The second-order valence-electron chi connectivity index (χ2n) is 9.22. The minimum Gasteiger partial charge on any atom is -0.362 e. The summed E-state index contributed by atoms with van der Waals surface area (Å²) in [6, 6.07) is 4.94. The lowest BCUT2D eigenvalue weighted by atomic mass is 10.0. The van der Waals surface area contributed by atoms with Crippen molar-refractivity contribution in [1.82, 2.24) is 24.2 Å². The van der Waals surface area contributed by atoms with Crippen LogP contribution in [-0.4, -0.2) is 62.2 Å². The molecule has 7 nitrogen and oxygen atoms in total. The van der Waals surface area contributed by atoms with Gasteiger partial charge < -0.3 is 18.9 Å². The van der Waals surface area contributed by atoms with Crippen LogP contribution < -0.4 is 10.5 Å². The zero-order valence-electron chi connectivity index (χ0n) is 19.6. The van der Waals surface area contributed by atoms with Crippen LogP contribution >= 0.6 is 11.8 Å². The van der Waals surface area contributed by atoms with Gasteiger partial charge in [-0.15, -0.1) is 10.2 Å². The number of halogens is 3.